The van der Waals surface area contributed by atoms with Crippen LogP contribution in [0.1, 0.15) is 18.9 Å². The van der Waals surface area contributed by atoms with Gasteiger partial charge in [0.05, 0.1) is 28.4 Å². The number of rotatable bonds is 13. The summed E-state index contributed by atoms with van der Waals surface area (Å²) in [6, 6.07) is 6.04. The van der Waals surface area contributed by atoms with Gasteiger partial charge in [-0.1, -0.05) is 43.9 Å². The lowest BCUT2D eigenvalue weighted by Crippen LogP contribution is -2.37. The summed E-state index contributed by atoms with van der Waals surface area (Å²) >= 11 is 0. The molecule has 0 saturated heterocycles. The molecule has 3 rings (SSSR count). The number of nitrogens with zero attached hydrogens (tertiary/aromatic N) is 3. The van der Waals surface area contributed by atoms with Crippen LogP contribution in [-0.4, -0.2) is 76.7 Å². The summed E-state index contributed by atoms with van der Waals surface area (Å²) in [7, 11) is 3.15. The number of aromatic nitrogens is 2. The Morgan fingerprint density at radius 3 is 2.36 bits per heavy atom. The van der Waals surface area contributed by atoms with Crippen molar-refractivity contribution >= 4 is 36.6 Å². The van der Waals surface area contributed by atoms with Crippen molar-refractivity contribution < 1.29 is 28.5 Å². The lowest BCUT2D eigenvalue weighted by Gasteiger charge is -2.24. The Balaban J connectivity index is 1.79. The van der Waals surface area contributed by atoms with Gasteiger partial charge in [-0.05, 0) is 32.0 Å². The molecule has 2 aromatic rings. The number of carbonyl (C=O) groups is 2. The highest BCUT2D eigenvalue weighted by atomic mass is 28.3. The van der Waals surface area contributed by atoms with Gasteiger partial charge in [0.25, 0.3) is 11.9 Å². The molecular formula is C27H39N5O6Si. The number of ether oxygens (including phenoxy) is 4. The Morgan fingerprint density at radius 1 is 1.13 bits per heavy atom. The quantitative estimate of drug-likeness (QED) is 0.281. The number of benzene rings is 1. The molecule has 0 fully saturated rings. The van der Waals surface area contributed by atoms with Crippen LogP contribution >= 0.6 is 0 Å². The molecular weight excluding hydrogens is 518 g/mol. The largest absolute Gasteiger partial charge is 0.479 e. The normalized spacial score (nSPS) is 14.9. The first-order valence-electron chi connectivity index (χ1n) is 12.9. The molecule has 1 unspecified atom stereocenters. The van der Waals surface area contributed by atoms with Gasteiger partial charge in [0.15, 0.2) is 5.69 Å². The van der Waals surface area contributed by atoms with E-state index in [1.807, 2.05) is 31.0 Å². The molecule has 1 aromatic heterocycles. The van der Waals surface area contributed by atoms with E-state index in [1.54, 1.807) is 0 Å². The van der Waals surface area contributed by atoms with Crippen molar-refractivity contribution in [2.45, 2.75) is 46.0 Å². The van der Waals surface area contributed by atoms with Gasteiger partial charge in [-0.3, -0.25) is 9.59 Å². The molecule has 1 aromatic carbocycles. The predicted octanol–water partition coefficient (Wildman–Crippen LogP) is 2.61. The predicted molar refractivity (Wildman–Crippen MR) is 153 cm³/mol. The number of carbonyl (C=O) groups excluding carboxylic acids is 2. The van der Waals surface area contributed by atoms with Gasteiger partial charge in [0.1, 0.15) is 5.75 Å². The molecule has 0 radical (unpaired) electrons. The standard InChI is InChI=1S/C27H39N5O6Si/c1-9-13-32(14-12-28-3)27-30-25(35-4)22(26(31-27)36-5)29-24(34)23-19(33)16-21(38-23)37-20-15-18(39(6,7)8)11-10-17(20)2/h10-11,15-16,23,28H,9,12-14H2,1-8H3,(H,29,34). The zero-order chi connectivity index (χ0) is 28.7. The summed E-state index contributed by atoms with van der Waals surface area (Å²) in [5.41, 5.74) is 0.990. The number of nitrogens with one attached hydrogen (secondary N) is 2. The third-order valence-electron chi connectivity index (χ3n) is 6.13. The summed E-state index contributed by atoms with van der Waals surface area (Å²) in [6.45, 7) is 12.8. The van der Waals surface area contributed by atoms with Crippen molar-refractivity contribution in [1.82, 2.24) is 15.3 Å². The van der Waals surface area contributed by atoms with Crippen molar-refractivity contribution in [3.8, 4) is 17.5 Å². The van der Waals surface area contributed by atoms with E-state index in [1.165, 1.54) is 25.5 Å². The molecule has 0 saturated carbocycles. The van der Waals surface area contributed by atoms with Gasteiger partial charge < -0.3 is 34.5 Å². The third-order valence-corrected chi connectivity index (χ3v) is 8.17. The van der Waals surface area contributed by atoms with Crippen LogP contribution < -0.4 is 34.9 Å². The fourth-order valence-electron chi connectivity index (χ4n) is 3.89. The van der Waals surface area contributed by atoms with Gasteiger partial charge in [0.2, 0.25) is 29.6 Å². The molecule has 0 spiro atoms. The van der Waals surface area contributed by atoms with Crippen molar-refractivity contribution in [2.75, 3.05) is 51.1 Å². The van der Waals surface area contributed by atoms with Gasteiger partial charge in [-0.15, -0.1) is 0 Å². The number of methoxy groups -OCH3 is 2. The Bertz CT molecular complexity index is 1200. The fourth-order valence-corrected chi connectivity index (χ4v) is 5.04. The van der Waals surface area contributed by atoms with Crippen LogP contribution in [0.15, 0.2) is 30.2 Å². The van der Waals surface area contributed by atoms with Crippen LogP contribution in [-0.2, 0) is 14.3 Å². The Morgan fingerprint density at radius 2 is 1.79 bits per heavy atom. The molecule has 212 valence electrons. The lowest BCUT2D eigenvalue weighted by atomic mass is 10.2. The molecule has 2 heterocycles. The van der Waals surface area contributed by atoms with Crippen LogP contribution in [0.4, 0.5) is 11.6 Å². The average molecular weight is 558 g/mol. The summed E-state index contributed by atoms with van der Waals surface area (Å²) in [5.74, 6) is -0.123. The van der Waals surface area contributed by atoms with Crippen molar-refractivity contribution in [3.05, 3.63) is 35.8 Å². The number of ketones is 1. The lowest BCUT2D eigenvalue weighted by molar-refractivity contribution is -0.134. The van der Waals surface area contributed by atoms with Gasteiger partial charge in [-0.2, -0.15) is 9.97 Å². The second-order valence-corrected chi connectivity index (χ2v) is 15.3. The van der Waals surface area contributed by atoms with Crippen molar-refractivity contribution in [1.29, 1.82) is 0 Å². The molecule has 0 bridgehead atoms. The zero-order valence-corrected chi connectivity index (χ0v) is 25.0. The SMILES string of the molecule is CCCN(CCNC)c1nc(OC)c(NC(=O)C2OC(Oc3cc([Si](C)(C)C)ccc3C)=CC2=O)c(OC)n1. The number of hydrogen-bond donors (Lipinski definition) is 2. The molecule has 1 amide bonds. The minimum atomic E-state index is -1.59. The molecule has 0 aliphatic carbocycles. The second kappa shape index (κ2) is 12.9. The number of aryl methyl sites for hydroxylation is 1. The first kappa shape index (κ1) is 29.9. The highest BCUT2D eigenvalue weighted by Gasteiger charge is 2.37. The summed E-state index contributed by atoms with van der Waals surface area (Å²) in [5, 5.41) is 6.96. The van der Waals surface area contributed by atoms with E-state index >= 15 is 0 Å². The van der Waals surface area contributed by atoms with Crippen LogP contribution in [0.5, 0.6) is 17.5 Å². The summed E-state index contributed by atoms with van der Waals surface area (Å²) in [4.78, 5) is 36.8. The van der Waals surface area contributed by atoms with Crippen molar-refractivity contribution in [3.63, 3.8) is 0 Å². The van der Waals surface area contributed by atoms with E-state index in [0.29, 0.717) is 18.2 Å². The Hall–Kier alpha value is -3.64. The maximum atomic E-state index is 13.1. The highest BCUT2D eigenvalue weighted by Crippen LogP contribution is 2.34. The van der Waals surface area contributed by atoms with Gasteiger partial charge in [-0.25, -0.2) is 0 Å². The summed E-state index contributed by atoms with van der Waals surface area (Å²) < 4.78 is 22.4. The van der Waals surface area contributed by atoms with E-state index in [4.69, 9.17) is 18.9 Å². The van der Waals surface area contributed by atoms with Crippen LogP contribution in [0, 0.1) is 6.92 Å². The van der Waals surface area contributed by atoms with Gasteiger partial charge >= 0.3 is 0 Å². The average Bonchev–Trinajstić information content (AvgIpc) is 3.27. The Kier molecular flexibility index (Phi) is 9.92. The zero-order valence-electron chi connectivity index (χ0n) is 24.0. The van der Waals surface area contributed by atoms with E-state index < -0.39 is 25.9 Å². The topological polar surface area (TPSA) is 124 Å². The first-order chi connectivity index (χ1) is 18.5. The smallest absolute Gasteiger partial charge is 0.289 e. The number of anilines is 2. The molecule has 11 nitrogen and oxygen atoms in total. The van der Waals surface area contributed by atoms with Crippen LogP contribution in [0.3, 0.4) is 0 Å². The Labute approximate surface area is 230 Å². The highest BCUT2D eigenvalue weighted by molar-refractivity contribution is 6.88. The second-order valence-electron chi connectivity index (χ2n) is 10.2. The minimum absolute atomic E-state index is 0.0405. The van der Waals surface area contributed by atoms with Crippen LogP contribution in [0.2, 0.25) is 19.6 Å². The molecule has 2 N–H and O–H groups in total. The number of likely N-dealkylation sites (N-methyl/N-ethyl adjacent to an activating group) is 1. The number of hydrogen-bond acceptors (Lipinski definition) is 10. The first-order valence-corrected chi connectivity index (χ1v) is 16.4. The molecule has 39 heavy (non-hydrogen) atoms. The third kappa shape index (κ3) is 7.27. The fraction of sp³-hybridized carbons (Fsp3) is 0.481. The molecule has 1 atom stereocenters. The monoisotopic (exact) mass is 557 g/mol. The van der Waals surface area contributed by atoms with E-state index in [0.717, 1.165) is 25.1 Å². The molecule has 12 heteroatoms. The number of amides is 1. The van der Waals surface area contributed by atoms with E-state index in [9.17, 15) is 9.59 Å². The van der Waals surface area contributed by atoms with Crippen molar-refractivity contribution in [2.24, 2.45) is 0 Å². The van der Waals surface area contributed by atoms with Gasteiger partial charge in [0, 0.05) is 19.6 Å². The minimum Gasteiger partial charge on any atom is -0.479 e. The maximum Gasteiger partial charge on any atom is 0.289 e. The van der Waals surface area contributed by atoms with E-state index in [-0.39, 0.29) is 23.4 Å². The maximum absolute atomic E-state index is 13.1. The van der Waals surface area contributed by atoms with E-state index in [2.05, 4.69) is 53.2 Å². The molecule has 1 aliphatic heterocycles. The van der Waals surface area contributed by atoms with Crippen LogP contribution in [0.25, 0.3) is 0 Å². The summed E-state index contributed by atoms with van der Waals surface area (Å²) in [6.07, 6.45) is 0.627. The molecule has 1 aliphatic rings.